The second-order valence-corrected chi connectivity index (χ2v) is 22.1. The lowest BCUT2D eigenvalue weighted by atomic mass is 10.0. The Balaban J connectivity index is 3.41. The summed E-state index contributed by atoms with van der Waals surface area (Å²) in [4.78, 5) is 24.5. The van der Waals surface area contributed by atoms with Gasteiger partial charge in [0.2, 0.25) is 5.91 Å². The lowest BCUT2D eigenvalue weighted by molar-refractivity contribution is -0.143. The molecule has 416 valence electrons. The Bertz CT molecular complexity index is 1050. The molecule has 0 aliphatic rings. The molecule has 1 amide bonds. The second-order valence-electron chi connectivity index (χ2n) is 22.1. The molecule has 0 fully saturated rings. The van der Waals surface area contributed by atoms with Crippen LogP contribution in [0, 0.1) is 0 Å². The van der Waals surface area contributed by atoms with Gasteiger partial charge in [-0.15, -0.1) is 0 Å². The fourth-order valence-electron chi connectivity index (χ4n) is 10.2. The summed E-state index contributed by atoms with van der Waals surface area (Å²) in [5, 5.41) is 23.3. The van der Waals surface area contributed by atoms with Gasteiger partial charge in [0.15, 0.2) is 0 Å². The zero-order chi connectivity index (χ0) is 50.7. The van der Waals surface area contributed by atoms with Crippen LogP contribution in [0.25, 0.3) is 0 Å². The molecule has 6 heteroatoms. The molecule has 2 unspecified atom stereocenters. The first kappa shape index (κ1) is 68.6. The molecule has 0 aromatic heterocycles. The van der Waals surface area contributed by atoms with Crippen LogP contribution in [-0.2, 0) is 14.3 Å². The lowest BCUT2D eigenvalue weighted by Gasteiger charge is -2.22. The topological polar surface area (TPSA) is 95.9 Å². The molecule has 0 saturated carbocycles. The third-order valence-corrected chi connectivity index (χ3v) is 15.1. The summed E-state index contributed by atoms with van der Waals surface area (Å²) in [5.41, 5.74) is 0. The maximum Gasteiger partial charge on any atom is 0.305 e. The van der Waals surface area contributed by atoms with Gasteiger partial charge in [0.25, 0.3) is 0 Å². The molecule has 0 rings (SSSR count). The third-order valence-electron chi connectivity index (χ3n) is 15.1. The van der Waals surface area contributed by atoms with Crippen molar-refractivity contribution in [2.45, 2.75) is 373 Å². The number of esters is 1. The Morgan fingerprint density at radius 1 is 0.386 bits per heavy atom. The van der Waals surface area contributed by atoms with Gasteiger partial charge in [0, 0.05) is 12.8 Å². The molecule has 6 nitrogen and oxygen atoms in total. The zero-order valence-corrected chi connectivity index (χ0v) is 47.5. The van der Waals surface area contributed by atoms with Gasteiger partial charge >= 0.3 is 5.97 Å². The van der Waals surface area contributed by atoms with E-state index < -0.39 is 12.1 Å². The smallest absolute Gasteiger partial charge is 0.305 e. The van der Waals surface area contributed by atoms with Crippen LogP contribution in [0.15, 0.2) is 12.2 Å². The molecule has 0 saturated heterocycles. The number of hydrogen-bond donors (Lipinski definition) is 3. The van der Waals surface area contributed by atoms with E-state index in [1.165, 1.54) is 289 Å². The van der Waals surface area contributed by atoms with Crippen LogP contribution < -0.4 is 5.32 Å². The molecule has 0 heterocycles. The van der Waals surface area contributed by atoms with E-state index in [9.17, 15) is 19.8 Å². The minimum Gasteiger partial charge on any atom is -0.466 e. The molecule has 3 N–H and O–H groups in total. The first-order chi connectivity index (χ1) is 34.5. The number of nitrogens with one attached hydrogen (secondary N) is 1. The summed E-state index contributed by atoms with van der Waals surface area (Å²) < 4.78 is 5.48. The van der Waals surface area contributed by atoms with E-state index >= 15 is 0 Å². The van der Waals surface area contributed by atoms with Crippen LogP contribution in [-0.4, -0.2) is 47.4 Å². The quantitative estimate of drug-likeness (QED) is 0.0321. The molecular weight excluding hydrogens is 863 g/mol. The largest absolute Gasteiger partial charge is 0.466 e. The molecule has 0 aromatic rings. The molecule has 0 spiro atoms. The summed E-state index contributed by atoms with van der Waals surface area (Å²) in [6.45, 7) is 4.98. The van der Waals surface area contributed by atoms with E-state index in [1.807, 2.05) is 0 Å². The highest BCUT2D eigenvalue weighted by Crippen LogP contribution is 2.18. The SMILES string of the molecule is CCCCCCCCCCCCCCCCCCCCC(O)C(CO)NC(=O)CCCCCCCCC/C=C\CCCCCCCCCCCCCOC(=O)CCCCCCCCCCCCCCC. The molecular formula is C64H125NO5. The summed E-state index contributed by atoms with van der Waals surface area (Å²) in [5.74, 6) is -0.0262. The predicted molar refractivity (Wildman–Crippen MR) is 306 cm³/mol. The first-order valence-corrected chi connectivity index (χ1v) is 31.9. The van der Waals surface area contributed by atoms with Crippen molar-refractivity contribution in [1.82, 2.24) is 5.32 Å². The van der Waals surface area contributed by atoms with Crippen molar-refractivity contribution in [3.05, 3.63) is 12.2 Å². The monoisotopic (exact) mass is 988 g/mol. The Morgan fingerprint density at radius 2 is 0.671 bits per heavy atom. The van der Waals surface area contributed by atoms with Gasteiger partial charge in [-0.2, -0.15) is 0 Å². The summed E-state index contributed by atoms with van der Waals surface area (Å²) in [7, 11) is 0. The van der Waals surface area contributed by atoms with E-state index in [2.05, 4.69) is 31.3 Å². The number of unbranched alkanes of at least 4 members (excludes halogenated alkanes) is 47. The zero-order valence-electron chi connectivity index (χ0n) is 47.5. The van der Waals surface area contributed by atoms with Crippen molar-refractivity contribution < 1.29 is 24.5 Å². The highest BCUT2D eigenvalue weighted by atomic mass is 16.5. The van der Waals surface area contributed by atoms with Gasteiger partial charge in [-0.1, -0.05) is 309 Å². The van der Waals surface area contributed by atoms with Crippen LogP contribution in [0.5, 0.6) is 0 Å². The molecule has 0 aromatic carbocycles. The average Bonchev–Trinajstić information content (AvgIpc) is 3.36. The normalized spacial score (nSPS) is 12.6. The van der Waals surface area contributed by atoms with E-state index in [1.54, 1.807) is 0 Å². The molecule has 0 bridgehead atoms. The molecule has 2 atom stereocenters. The minimum atomic E-state index is -0.668. The van der Waals surface area contributed by atoms with Crippen molar-refractivity contribution in [2.75, 3.05) is 13.2 Å². The fourth-order valence-corrected chi connectivity index (χ4v) is 10.2. The van der Waals surface area contributed by atoms with Gasteiger partial charge < -0.3 is 20.3 Å². The molecule has 70 heavy (non-hydrogen) atoms. The maximum atomic E-state index is 12.5. The fraction of sp³-hybridized carbons (Fsp3) is 0.938. The van der Waals surface area contributed by atoms with Crippen molar-refractivity contribution in [2.24, 2.45) is 0 Å². The number of carbonyl (C=O) groups excluding carboxylic acids is 2. The van der Waals surface area contributed by atoms with Crippen LogP contribution in [0.1, 0.15) is 361 Å². The maximum absolute atomic E-state index is 12.5. The number of allylic oxidation sites excluding steroid dienone is 2. The van der Waals surface area contributed by atoms with Gasteiger partial charge in [0.05, 0.1) is 25.4 Å². The summed E-state index contributed by atoms with van der Waals surface area (Å²) in [6.07, 6.45) is 72.2. The Morgan fingerprint density at radius 3 is 1.01 bits per heavy atom. The van der Waals surface area contributed by atoms with E-state index in [-0.39, 0.29) is 18.5 Å². The number of aliphatic hydroxyl groups is 2. The van der Waals surface area contributed by atoms with Crippen LogP contribution in [0.2, 0.25) is 0 Å². The first-order valence-electron chi connectivity index (χ1n) is 31.9. The van der Waals surface area contributed by atoms with Gasteiger partial charge in [-0.25, -0.2) is 0 Å². The highest BCUT2D eigenvalue weighted by Gasteiger charge is 2.20. The average molecular weight is 989 g/mol. The van der Waals surface area contributed by atoms with Crippen LogP contribution in [0.4, 0.5) is 0 Å². The van der Waals surface area contributed by atoms with Crippen molar-refractivity contribution in [1.29, 1.82) is 0 Å². The van der Waals surface area contributed by atoms with Gasteiger partial charge in [0.1, 0.15) is 0 Å². The van der Waals surface area contributed by atoms with E-state index in [0.717, 1.165) is 38.5 Å². The van der Waals surface area contributed by atoms with Crippen molar-refractivity contribution in [3.8, 4) is 0 Å². The van der Waals surface area contributed by atoms with Crippen LogP contribution >= 0.6 is 0 Å². The van der Waals surface area contributed by atoms with Gasteiger partial charge in [-0.3, -0.25) is 9.59 Å². The molecule has 0 aliphatic heterocycles. The van der Waals surface area contributed by atoms with E-state index in [0.29, 0.717) is 25.9 Å². The number of carbonyl (C=O) groups is 2. The lowest BCUT2D eigenvalue weighted by Crippen LogP contribution is -2.45. The predicted octanol–water partition coefficient (Wildman–Crippen LogP) is 20.0. The Kier molecular flexibility index (Phi) is 59.0. The number of hydrogen-bond acceptors (Lipinski definition) is 5. The molecule has 0 radical (unpaired) electrons. The minimum absolute atomic E-state index is 0.0123. The summed E-state index contributed by atoms with van der Waals surface area (Å²) in [6, 6.07) is -0.546. The van der Waals surface area contributed by atoms with Gasteiger partial charge in [-0.05, 0) is 51.4 Å². The molecule has 0 aliphatic carbocycles. The third kappa shape index (κ3) is 55.9. The van der Waals surface area contributed by atoms with E-state index in [4.69, 9.17) is 4.74 Å². The van der Waals surface area contributed by atoms with Crippen LogP contribution in [0.3, 0.4) is 0 Å². The number of rotatable bonds is 60. The van der Waals surface area contributed by atoms with Crippen molar-refractivity contribution >= 4 is 11.9 Å². The number of amides is 1. The standard InChI is InChI=1S/C64H125NO5/c1-3-5-7-9-11-13-15-17-18-19-26-29-33-36-40-44-48-52-56-62(67)61(60-66)65-63(68)57-53-49-45-41-37-34-30-27-24-22-20-21-23-25-28-31-35-39-43-47-51-55-59-70-64(69)58-54-50-46-42-38-32-16-14-12-10-8-6-4-2/h22,24,61-62,66-67H,3-21,23,25-60H2,1-2H3,(H,65,68)/b24-22-. The Hall–Kier alpha value is -1.40. The number of aliphatic hydroxyl groups excluding tert-OH is 2. The van der Waals surface area contributed by atoms with Crippen molar-refractivity contribution in [3.63, 3.8) is 0 Å². The Labute approximate surface area is 438 Å². The summed E-state index contributed by atoms with van der Waals surface area (Å²) >= 11 is 0. The second kappa shape index (κ2) is 60.2. The highest BCUT2D eigenvalue weighted by molar-refractivity contribution is 5.76. The number of ether oxygens (including phenoxy) is 1.